The number of hydrogen-bond acceptors (Lipinski definition) is 38. The van der Waals surface area contributed by atoms with Crippen LogP contribution < -0.4 is 5.73 Å². The Bertz CT molecular complexity index is 3090. The molecule has 25 atom stereocenters. The van der Waals surface area contributed by atoms with Crippen LogP contribution in [0.5, 0.6) is 0 Å². The Kier molecular flexibility index (Phi) is 28.4. The first kappa shape index (κ1) is 79.1. The number of carbonyl (C=O) groups is 2. The molecule has 0 unspecified atom stereocenters. The van der Waals surface area contributed by atoms with E-state index in [0.29, 0.717) is 6.42 Å². The molecule has 0 aromatic heterocycles. The van der Waals surface area contributed by atoms with E-state index in [1.807, 2.05) is 0 Å². The van der Waals surface area contributed by atoms with Gasteiger partial charge in [0.25, 0.3) is 0 Å². The molecule has 0 aliphatic carbocycles. The molecule has 46 nitrogen and oxygen atoms in total. The van der Waals surface area contributed by atoms with Crippen LogP contribution >= 0.6 is 0 Å². The van der Waals surface area contributed by atoms with Gasteiger partial charge in [0.1, 0.15) is 91.6 Å². The number of carboxylic acids is 2. The van der Waals surface area contributed by atoms with E-state index in [9.17, 15) is 103 Å². The zero-order valence-corrected chi connectivity index (χ0v) is 52.6. The van der Waals surface area contributed by atoms with Gasteiger partial charge < -0.3 is 96.8 Å². The Morgan fingerprint density at radius 3 is 1.07 bits per heavy atom. The third-order valence-corrected chi connectivity index (χ3v) is 16.2. The molecule has 5 aliphatic heterocycles. The van der Waals surface area contributed by atoms with Crippen molar-refractivity contribution in [2.45, 2.75) is 167 Å². The van der Waals surface area contributed by atoms with Gasteiger partial charge >= 0.3 is 74.3 Å². The molecule has 0 spiro atoms. The second-order valence-electron chi connectivity index (χ2n) is 19.3. The molecule has 0 amide bonds. The minimum absolute atomic E-state index is 0.107. The van der Waals surface area contributed by atoms with Gasteiger partial charge in [-0.1, -0.05) is 6.92 Å². The van der Waals surface area contributed by atoms with Crippen LogP contribution in [0.15, 0.2) is 0 Å². The minimum Gasteiger partial charge on any atom is -0.479 e. The molecule has 0 radical (unpaired) electrons. The summed E-state index contributed by atoms with van der Waals surface area (Å²) in [7, 11) is -28.8. The van der Waals surface area contributed by atoms with Gasteiger partial charge in [-0.3, -0.25) is 27.3 Å². The summed E-state index contributed by atoms with van der Waals surface area (Å²) >= 11 is 0. The quantitative estimate of drug-likeness (QED) is 0.0268. The molecule has 0 aromatic carbocycles. The predicted molar refractivity (Wildman–Crippen MR) is 275 cm³/mol. The largest absolute Gasteiger partial charge is 0.479 e. The molecule has 0 aromatic rings. The predicted octanol–water partition coefficient (Wildman–Crippen LogP) is -7.45. The summed E-state index contributed by atoms with van der Waals surface area (Å²) in [5, 5.41) is 32.4. The Balaban J connectivity index is 1.60. The number of nitrogens with two attached hydrogens (primary N) is 1. The van der Waals surface area contributed by atoms with E-state index in [0.717, 1.165) is 42.7 Å². The maximum absolute atomic E-state index is 13.3. The van der Waals surface area contributed by atoms with Crippen LogP contribution in [0, 0.1) is 0 Å². The van der Waals surface area contributed by atoms with E-state index in [2.05, 4.69) is 16.7 Å². The zero-order valence-electron chi connectivity index (χ0n) is 47.7. The third kappa shape index (κ3) is 22.0. The van der Waals surface area contributed by atoms with Crippen molar-refractivity contribution in [1.29, 1.82) is 0 Å². The molecule has 0 bridgehead atoms. The lowest BCUT2D eigenvalue weighted by Crippen LogP contribution is -2.70. The molecule has 11 N–H and O–H groups in total. The van der Waals surface area contributed by atoms with Gasteiger partial charge in [-0.05, 0) is 6.42 Å². The molecular weight excluding hydrogens is 1390 g/mol. The van der Waals surface area contributed by atoms with Crippen LogP contribution in [0.1, 0.15) is 13.3 Å². The lowest BCUT2D eigenvalue weighted by Gasteiger charge is -2.51. The second kappa shape index (κ2) is 32.7. The highest BCUT2D eigenvalue weighted by molar-refractivity contribution is 7.82. The summed E-state index contributed by atoms with van der Waals surface area (Å²) in [6, 6.07) is -1.62. The van der Waals surface area contributed by atoms with Crippen molar-refractivity contribution < 1.29 is 204 Å². The Hall–Kier alpha value is -2.56. The zero-order chi connectivity index (χ0) is 68.7. The number of hydrogen-bond donors (Lipinski definition) is 10. The Labute approximate surface area is 517 Å². The molecule has 5 fully saturated rings. The number of carboxylic acid groups (broad SMARTS) is 2. The van der Waals surface area contributed by atoms with E-state index in [1.165, 1.54) is 0 Å². The van der Waals surface area contributed by atoms with Crippen LogP contribution in [0.4, 0.5) is 0 Å². The van der Waals surface area contributed by atoms with E-state index >= 15 is 0 Å². The normalized spacial score (nSPS) is 38.3. The molecule has 5 aliphatic rings. The van der Waals surface area contributed by atoms with Crippen molar-refractivity contribution in [3.8, 4) is 0 Å². The summed E-state index contributed by atoms with van der Waals surface area (Å²) in [6.45, 7) is -2.57. The number of aliphatic hydroxyl groups excluding tert-OH is 1. The summed E-state index contributed by atoms with van der Waals surface area (Å²) in [5.41, 5.74) is 6.36. The van der Waals surface area contributed by atoms with Crippen molar-refractivity contribution in [3.63, 3.8) is 0 Å². The fourth-order valence-electron chi connectivity index (χ4n) is 9.97. The van der Waals surface area contributed by atoms with Crippen molar-refractivity contribution >= 4 is 74.3 Å². The highest BCUT2D eigenvalue weighted by Gasteiger charge is 2.62. The Morgan fingerprint density at radius 1 is 0.385 bits per heavy atom. The number of ether oxygens (including phenoxy) is 16. The highest BCUT2D eigenvalue weighted by atomic mass is 32.3. The average Bonchev–Trinajstić information content (AvgIpc) is 0.775. The van der Waals surface area contributed by atoms with Crippen molar-refractivity contribution in [3.05, 3.63) is 0 Å². The molecule has 91 heavy (non-hydrogen) atoms. The first-order chi connectivity index (χ1) is 42.0. The molecule has 5 heterocycles. The third-order valence-electron chi connectivity index (χ3n) is 13.5. The SMILES string of the molecule is CCCO[C@@H]1[C@@H](N)[C@@H](O[C@H]2[C@H](OC)[C@@H](OC)[C@H](O[C@H]3[C@H](OS(=O)(=O)O)[C@@H](OS(=O)(=O)O)[C@@H](O[C@H]4[C@H](OC)[C@@H](OC)[C@@H](O[C@H]5[C@H](OC)[C@@H](OS(=O)(=O)O)[C@@H](OC)O[C@@H]5COS(=O)(=O)O)O[C@@H]4C(=O)O)O[C@@H]3COS(=O)(=O)O)O[C@@H]2C(=O)O)O[C@H](COS(=O)(=O)O)[C@H]1O. The molecule has 5 saturated heterocycles. The number of methoxy groups -OCH3 is 6. The topological polar surface area (TPSA) is 650 Å². The first-order valence-electron chi connectivity index (χ1n) is 25.4. The number of aliphatic carboxylic acids is 2. The lowest BCUT2D eigenvalue weighted by molar-refractivity contribution is -0.386. The van der Waals surface area contributed by atoms with Crippen molar-refractivity contribution in [2.24, 2.45) is 5.73 Å². The fraction of sp³-hybridized carbons (Fsp3) is 0.949. The van der Waals surface area contributed by atoms with Crippen LogP contribution in [0.25, 0.3) is 0 Å². The van der Waals surface area contributed by atoms with Crippen LogP contribution in [-0.2, 0) is 173 Å². The van der Waals surface area contributed by atoms with Gasteiger partial charge in [0.15, 0.2) is 55.9 Å². The van der Waals surface area contributed by atoms with Gasteiger partial charge in [-0.2, -0.15) is 50.5 Å². The summed E-state index contributed by atoms with van der Waals surface area (Å²) in [4.78, 5) is 26.5. The van der Waals surface area contributed by atoms with Crippen LogP contribution in [0.3, 0.4) is 0 Å². The molecule has 0 saturated carbocycles. The maximum atomic E-state index is 13.3. The second-order valence-corrected chi connectivity index (χ2v) is 25.7. The van der Waals surface area contributed by atoms with Crippen LogP contribution in [-0.4, -0.2) is 328 Å². The summed E-state index contributed by atoms with van der Waals surface area (Å²) in [5.74, 6) is -4.14. The van der Waals surface area contributed by atoms with Gasteiger partial charge in [0, 0.05) is 49.3 Å². The highest BCUT2D eigenvalue weighted by Crippen LogP contribution is 2.41. The van der Waals surface area contributed by atoms with Crippen molar-refractivity contribution in [1.82, 2.24) is 0 Å². The minimum atomic E-state index is -6.14. The molecule has 5 rings (SSSR count). The summed E-state index contributed by atoms with van der Waals surface area (Å²) in [6.07, 6.45) is -53.8. The first-order valence-corrected chi connectivity index (χ1v) is 33.6. The van der Waals surface area contributed by atoms with Gasteiger partial charge in [0.05, 0.1) is 25.9 Å². The summed E-state index contributed by atoms with van der Waals surface area (Å²) < 4.78 is 322. The van der Waals surface area contributed by atoms with Gasteiger partial charge in [0.2, 0.25) is 0 Å². The van der Waals surface area contributed by atoms with E-state index in [1.54, 1.807) is 6.92 Å². The van der Waals surface area contributed by atoms with Gasteiger partial charge in [-0.25, -0.2) is 34.7 Å². The number of rotatable bonds is 34. The lowest BCUT2D eigenvalue weighted by atomic mass is 9.94. The fourth-order valence-corrected chi connectivity index (χ4v) is 12.3. The average molecular weight is 1460 g/mol. The Morgan fingerprint density at radius 2 is 0.703 bits per heavy atom. The molecule has 52 heteroatoms. The van der Waals surface area contributed by atoms with Crippen LogP contribution in [0.2, 0.25) is 0 Å². The number of aliphatic hydroxyl groups is 1. The smallest absolute Gasteiger partial charge is 0.397 e. The maximum Gasteiger partial charge on any atom is 0.397 e. The monoisotopic (exact) mass is 1460 g/mol. The van der Waals surface area contributed by atoms with E-state index in [4.69, 9.17) is 89.9 Å². The van der Waals surface area contributed by atoms with E-state index in [-0.39, 0.29) is 6.61 Å². The molecular formula is C39H67NO45S6. The van der Waals surface area contributed by atoms with Crippen molar-refractivity contribution in [2.75, 3.05) is 69.1 Å². The standard InChI is InChI=1S/C39H67NO45S6/c1-8-9-70-20-16(40)35(74-13(17(20)41)10-71-86(46,47)48)79-24-22(65-3)29(67-5)38(81-27(24)33(42)43)78-19-15(12-73-88(52,53)54)76-39(32(85-91(61,62)63)26(19)83-89(55,56)57)80-25-23(66-4)30(68-6)37(82-28(25)34(44)45)77-18-14(11-72-87(49,50)51)75-36(69-7)31(21(18)64-2)84-90(58,59)60/h13-32,35-39,41H,8-12,40H2,1-7H3,(H,42,43)(H,44,45)(H,46,47,48)(H,49,50,51)(H,52,53,54)(H,55,56,57)(H,58,59,60)(H,61,62,63)/t13-,14-,15-,16-,17-,18-,19-,20-,21+,22+,23+,24+,25+,26+,27+,28+,29-,30-,31-,32-,35-,36+,37+,38-,39-/m1/s1. The van der Waals surface area contributed by atoms with Gasteiger partial charge in [-0.15, -0.1) is 0 Å². The molecule has 534 valence electrons. The van der Waals surface area contributed by atoms with E-state index < -0.39 is 248 Å².